The minimum atomic E-state index is -4.65. The molecule has 2 rings (SSSR count). The van der Waals surface area contributed by atoms with Crippen molar-refractivity contribution in [2.75, 3.05) is 5.32 Å². The van der Waals surface area contributed by atoms with Crippen LogP contribution >= 0.6 is 11.8 Å². The van der Waals surface area contributed by atoms with Gasteiger partial charge in [-0.3, -0.25) is 4.79 Å². The second kappa shape index (κ2) is 6.76. The summed E-state index contributed by atoms with van der Waals surface area (Å²) >= 11 is 0.0407. The van der Waals surface area contributed by atoms with Gasteiger partial charge in [-0.25, -0.2) is 4.98 Å². The Labute approximate surface area is 138 Å². The summed E-state index contributed by atoms with van der Waals surface area (Å²) in [5.41, 5.74) is -1.58. The lowest BCUT2D eigenvalue weighted by molar-refractivity contribution is -0.141. The van der Waals surface area contributed by atoms with E-state index in [1.807, 2.05) is 5.32 Å². The second-order valence-electron chi connectivity index (χ2n) is 4.71. The van der Waals surface area contributed by atoms with E-state index in [1.54, 1.807) is 18.2 Å². The first-order chi connectivity index (χ1) is 11.1. The van der Waals surface area contributed by atoms with Gasteiger partial charge in [0, 0.05) is 4.90 Å². The average molecular weight is 362 g/mol. The van der Waals surface area contributed by atoms with Gasteiger partial charge in [0.15, 0.2) is 0 Å². The molecule has 0 radical (unpaired) electrons. The van der Waals surface area contributed by atoms with Gasteiger partial charge in [-0.2, -0.15) is 22.0 Å². The van der Waals surface area contributed by atoms with Crippen molar-refractivity contribution in [1.29, 1.82) is 0 Å². The van der Waals surface area contributed by atoms with E-state index in [1.165, 1.54) is 19.1 Å². The Morgan fingerprint density at radius 2 is 1.67 bits per heavy atom. The molecule has 0 unspecified atom stereocenters. The molecule has 0 atom stereocenters. The summed E-state index contributed by atoms with van der Waals surface area (Å²) < 4.78 is 65.4. The van der Waals surface area contributed by atoms with Crippen molar-refractivity contribution >= 4 is 23.4 Å². The van der Waals surface area contributed by atoms with E-state index in [4.69, 9.17) is 0 Å². The van der Waals surface area contributed by atoms with Crippen LogP contribution in [-0.2, 0) is 11.0 Å². The number of hydrogen-bond donors (Lipinski definition) is 1. The Balaban J connectivity index is 2.14. The molecule has 0 saturated carbocycles. The van der Waals surface area contributed by atoms with E-state index in [0.29, 0.717) is 6.07 Å². The number of hydrogen-bond acceptors (Lipinski definition) is 3. The highest BCUT2D eigenvalue weighted by Crippen LogP contribution is 2.37. The summed E-state index contributed by atoms with van der Waals surface area (Å²) in [5, 5.41) is -1.89. The topological polar surface area (TPSA) is 42.0 Å². The summed E-state index contributed by atoms with van der Waals surface area (Å²) in [6.45, 7) is 1.19. The van der Waals surface area contributed by atoms with Gasteiger partial charge >= 0.3 is 17.3 Å². The fraction of sp³-hybridized carbons (Fsp3) is 0.200. The number of nitrogens with zero attached hydrogens (tertiary/aromatic N) is 1. The molecule has 1 amide bonds. The van der Waals surface area contributed by atoms with E-state index in [2.05, 4.69) is 4.98 Å². The number of nitrogens with one attached hydrogen (secondary N) is 1. The van der Waals surface area contributed by atoms with Crippen molar-refractivity contribution < 1.29 is 26.7 Å². The third kappa shape index (κ3) is 4.44. The lowest BCUT2D eigenvalue weighted by atomic mass is 10.2. The van der Waals surface area contributed by atoms with Gasteiger partial charge < -0.3 is 5.32 Å². The second-order valence-corrected chi connectivity index (χ2v) is 5.90. The third-order valence-electron chi connectivity index (χ3n) is 2.88. The molecule has 128 valence electrons. The Morgan fingerprint density at radius 1 is 1.04 bits per heavy atom. The number of aryl methyl sites for hydroxylation is 1. The number of rotatable bonds is 4. The van der Waals surface area contributed by atoms with Gasteiger partial charge in [-0.05, 0) is 43.0 Å². The van der Waals surface area contributed by atoms with Crippen LogP contribution in [0, 0.1) is 6.92 Å². The highest BCUT2D eigenvalue weighted by atomic mass is 32.2. The Bertz CT molecular complexity index is 734. The molecule has 2 aromatic rings. The Hall–Kier alpha value is -2.16. The molecule has 1 N–H and O–H groups in total. The van der Waals surface area contributed by atoms with E-state index in [9.17, 15) is 26.7 Å². The average Bonchev–Trinajstić information content (AvgIpc) is 2.48. The largest absolute Gasteiger partial charge is 0.433 e. The van der Waals surface area contributed by atoms with Crippen LogP contribution < -0.4 is 5.32 Å². The van der Waals surface area contributed by atoms with Crippen molar-refractivity contribution in [3.05, 3.63) is 53.9 Å². The van der Waals surface area contributed by atoms with Crippen molar-refractivity contribution in [1.82, 2.24) is 4.98 Å². The summed E-state index contributed by atoms with van der Waals surface area (Å²) in [6, 6.07) is 9.06. The first kappa shape index (κ1) is 18.2. The first-order valence-corrected chi connectivity index (χ1v) is 7.39. The summed E-state index contributed by atoms with van der Waals surface area (Å²) in [7, 11) is 0. The molecule has 24 heavy (non-hydrogen) atoms. The quantitative estimate of drug-likeness (QED) is 0.631. The monoisotopic (exact) mass is 362 g/mol. The standard InChI is InChI=1S/C15H11F5N2OS/c1-9-11(7-8-12(21-9)14(16,17)18)22-13(23)15(19,20)24-10-5-3-2-4-6-10/h2-8H,1H3,(H,22,23). The van der Waals surface area contributed by atoms with Gasteiger partial charge in [0.05, 0.1) is 11.4 Å². The predicted octanol–water partition coefficient (Wildman–Crippen LogP) is 4.73. The zero-order valence-electron chi connectivity index (χ0n) is 12.2. The molecule has 0 aliphatic rings. The number of thioether (sulfide) groups is 1. The fourth-order valence-electron chi connectivity index (χ4n) is 1.73. The fourth-order valence-corrected chi connectivity index (χ4v) is 2.46. The summed E-state index contributed by atoms with van der Waals surface area (Å²) in [5.74, 6) is -1.64. The maximum atomic E-state index is 13.9. The smallest absolute Gasteiger partial charge is 0.318 e. The number of halogens is 5. The lowest BCUT2D eigenvalue weighted by Crippen LogP contribution is -2.31. The van der Waals surface area contributed by atoms with Crippen molar-refractivity contribution in [3.8, 4) is 0 Å². The minimum Gasteiger partial charge on any atom is -0.318 e. The molecule has 0 saturated heterocycles. The van der Waals surface area contributed by atoms with Crippen LogP contribution in [0.5, 0.6) is 0 Å². The molecule has 0 fully saturated rings. The van der Waals surface area contributed by atoms with Crippen molar-refractivity contribution in [3.63, 3.8) is 0 Å². The molecule has 0 bridgehead atoms. The molecule has 0 spiro atoms. The molecule has 1 aromatic heterocycles. The van der Waals surface area contributed by atoms with Crippen molar-refractivity contribution in [2.45, 2.75) is 23.3 Å². The van der Waals surface area contributed by atoms with Gasteiger partial charge in [0.25, 0.3) is 0 Å². The van der Waals surface area contributed by atoms with Crippen LogP contribution in [-0.4, -0.2) is 16.1 Å². The number of amides is 1. The van der Waals surface area contributed by atoms with Crippen LogP contribution in [0.1, 0.15) is 11.4 Å². The molecule has 1 aromatic carbocycles. The number of alkyl halides is 5. The number of carbonyl (C=O) groups excluding carboxylic acids is 1. The summed E-state index contributed by atoms with van der Waals surface area (Å²) in [4.78, 5) is 15.2. The Kier molecular flexibility index (Phi) is 5.12. The van der Waals surface area contributed by atoms with Gasteiger partial charge in [-0.1, -0.05) is 18.2 Å². The molecule has 0 aliphatic carbocycles. The lowest BCUT2D eigenvalue weighted by Gasteiger charge is -2.16. The first-order valence-electron chi connectivity index (χ1n) is 6.58. The predicted molar refractivity (Wildman–Crippen MR) is 79.9 cm³/mol. The normalized spacial score (nSPS) is 12.1. The van der Waals surface area contributed by atoms with Gasteiger partial charge in [0.2, 0.25) is 0 Å². The third-order valence-corrected chi connectivity index (χ3v) is 3.83. The van der Waals surface area contributed by atoms with Gasteiger partial charge in [0.1, 0.15) is 5.69 Å². The summed E-state index contributed by atoms with van der Waals surface area (Å²) in [6.07, 6.45) is -4.65. The molecular formula is C15H11F5N2OS. The van der Waals surface area contributed by atoms with Gasteiger partial charge in [-0.15, -0.1) is 0 Å². The Morgan fingerprint density at radius 3 is 2.21 bits per heavy atom. The minimum absolute atomic E-state index is 0.0407. The maximum absolute atomic E-state index is 13.9. The SMILES string of the molecule is Cc1nc(C(F)(F)F)ccc1NC(=O)C(F)(F)Sc1ccccc1. The molecular weight excluding hydrogens is 351 g/mol. The highest BCUT2D eigenvalue weighted by molar-refractivity contribution is 8.01. The van der Waals surface area contributed by atoms with Crippen LogP contribution in [0.2, 0.25) is 0 Å². The maximum Gasteiger partial charge on any atom is 0.433 e. The van der Waals surface area contributed by atoms with Crippen LogP contribution in [0.3, 0.4) is 0 Å². The molecule has 1 heterocycles. The zero-order chi connectivity index (χ0) is 18.0. The van der Waals surface area contributed by atoms with Crippen molar-refractivity contribution in [2.24, 2.45) is 0 Å². The molecule has 0 aliphatic heterocycles. The number of pyridine rings is 1. The van der Waals surface area contributed by atoms with Crippen LogP contribution in [0.15, 0.2) is 47.4 Å². The van der Waals surface area contributed by atoms with Crippen LogP contribution in [0.25, 0.3) is 0 Å². The van der Waals surface area contributed by atoms with E-state index < -0.39 is 23.0 Å². The molecule has 9 heteroatoms. The van der Waals surface area contributed by atoms with E-state index in [0.717, 1.165) is 6.07 Å². The van der Waals surface area contributed by atoms with E-state index >= 15 is 0 Å². The molecule has 3 nitrogen and oxygen atoms in total. The van der Waals surface area contributed by atoms with Crippen LogP contribution in [0.4, 0.5) is 27.6 Å². The number of benzene rings is 1. The van der Waals surface area contributed by atoms with E-state index in [-0.39, 0.29) is 28.0 Å². The number of anilines is 1. The number of aromatic nitrogens is 1. The number of carbonyl (C=O) groups is 1. The highest BCUT2D eigenvalue weighted by Gasteiger charge is 2.40. The zero-order valence-corrected chi connectivity index (χ0v) is 13.0.